The van der Waals surface area contributed by atoms with E-state index in [4.69, 9.17) is 20.0 Å². The minimum atomic E-state index is -0.891. The molecular weight excluding hydrogens is 376 g/mol. The lowest BCUT2D eigenvalue weighted by Gasteiger charge is -2.11. The van der Waals surface area contributed by atoms with Crippen molar-refractivity contribution < 1.29 is 19.1 Å². The second-order valence-electron chi connectivity index (χ2n) is 6.30. The van der Waals surface area contributed by atoms with E-state index in [0.717, 1.165) is 32.8 Å². The molecule has 4 aromatic rings. The Hall–Kier alpha value is -3.16. The summed E-state index contributed by atoms with van der Waals surface area (Å²) in [5.41, 5.74) is 9.77. The first-order chi connectivity index (χ1) is 13.6. The van der Waals surface area contributed by atoms with Crippen LogP contribution in [0.25, 0.3) is 21.5 Å². The Bertz CT molecular complexity index is 1130. The number of rotatable bonds is 7. The van der Waals surface area contributed by atoms with E-state index in [1.807, 2.05) is 29.6 Å². The fourth-order valence-corrected chi connectivity index (χ4v) is 3.87. The molecular formula is C21H18N2O4S. The Morgan fingerprint density at radius 2 is 2.11 bits per heavy atom. The first-order valence-electron chi connectivity index (χ1n) is 8.71. The minimum Gasteiger partial charge on any atom is -0.489 e. The molecule has 0 saturated carbocycles. The molecule has 0 aliphatic heterocycles. The van der Waals surface area contributed by atoms with Gasteiger partial charge in [0.25, 0.3) is 0 Å². The molecule has 0 saturated heterocycles. The number of aliphatic carboxylic acids is 1. The Labute approximate surface area is 165 Å². The summed E-state index contributed by atoms with van der Waals surface area (Å²) in [6, 6.07) is 13.1. The molecule has 6 nitrogen and oxygen atoms in total. The highest BCUT2D eigenvalue weighted by Crippen LogP contribution is 2.33. The highest BCUT2D eigenvalue weighted by Gasteiger charge is 2.14. The topological polar surface area (TPSA) is 98.6 Å². The third-order valence-electron chi connectivity index (χ3n) is 4.31. The molecule has 0 radical (unpaired) electrons. The van der Waals surface area contributed by atoms with Gasteiger partial charge in [-0.1, -0.05) is 18.2 Å². The molecule has 2 aromatic carbocycles. The summed E-state index contributed by atoms with van der Waals surface area (Å²) in [5.74, 6) is -0.323. The second-order valence-corrected chi connectivity index (χ2v) is 7.16. The molecule has 0 amide bonds. The van der Waals surface area contributed by atoms with Gasteiger partial charge in [-0.2, -0.15) is 0 Å². The van der Waals surface area contributed by atoms with Crippen molar-refractivity contribution in [2.24, 2.45) is 5.73 Å². The number of aromatic nitrogens is 1. The van der Waals surface area contributed by atoms with Gasteiger partial charge in [-0.25, -0.2) is 4.98 Å². The third-order valence-corrected chi connectivity index (χ3v) is 5.24. The van der Waals surface area contributed by atoms with Crippen LogP contribution in [0.4, 0.5) is 0 Å². The van der Waals surface area contributed by atoms with Crippen molar-refractivity contribution in [2.45, 2.75) is 19.6 Å². The van der Waals surface area contributed by atoms with Crippen LogP contribution in [0.1, 0.15) is 16.8 Å². The van der Waals surface area contributed by atoms with Crippen molar-refractivity contribution in [1.82, 2.24) is 4.98 Å². The fourth-order valence-electron chi connectivity index (χ4n) is 3.03. The van der Waals surface area contributed by atoms with Crippen LogP contribution in [0.15, 0.2) is 58.5 Å². The molecule has 2 heterocycles. The normalized spacial score (nSPS) is 11.0. The zero-order chi connectivity index (χ0) is 19.5. The van der Waals surface area contributed by atoms with Gasteiger partial charge in [0.15, 0.2) is 0 Å². The maximum atomic E-state index is 11.1. The Morgan fingerprint density at radius 1 is 1.25 bits per heavy atom. The molecule has 0 bridgehead atoms. The van der Waals surface area contributed by atoms with Crippen LogP contribution in [-0.4, -0.2) is 16.1 Å². The van der Waals surface area contributed by atoms with Crippen molar-refractivity contribution >= 4 is 28.3 Å². The van der Waals surface area contributed by atoms with Gasteiger partial charge in [-0.15, -0.1) is 11.3 Å². The lowest BCUT2D eigenvalue weighted by molar-refractivity contribution is -0.136. The van der Waals surface area contributed by atoms with Crippen molar-refractivity contribution in [1.29, 1.82) is 0 Å². The molecule has 0 unspecified atom stereocenters. The number of carboxylic acid groups (broad SMARTS) is 1. The molecule has 2 aromatic heterocycles. The number of furan rings is 1. The SMILES string of the molecule is NCc1csc(-c2cc(COc3ccccc3CC(=O)O)cc3ccoc23)n1. The number of fused-ring (bicyclic) bond motifs is 1. The van der Waals surface area contributed by atoms with E-state index >= 15 is 0 Å². The van der Waals surface area contributed by atoms with E-state index in [1.165, 1.54) is 11.3 Å². The van der Waals surface area contributed by atoms with Gasteiger partial charge in [0.2, 0.25) is 0 Å². The van der Waals surface area contributed by atoms with E-state index in [0.29, 0.717) is 24.5 Å². The number of hydrogen-bond acceptors (Lipinski definition) is 6. The summed E-state index contributed by atoms with van der Waals surface area (Å²) in [4.78, 5) is 15.6. The van der Waals surface area contributed by atoms with Crippen molar-refractivity contribution in [3.05, 3.63) is 70.9 Å². The summed E-state index contributed by atoms with van der Waals surface area (Å²) in [6.45, 7) is 0.695. The lowest BCUT2D eigenvalue weighted by atomic mass is 10.1. The summed E-state index contributed by atoms with van der Waals surface area (Å²) in [5, 5.41) is 12.8. The van der Waals surface area contributed by atoms with Crippen LogP contribution < -0.4 is 10.5 Å². The van der Waals surface area contributed by atoms with Gasteiger partial charge in [0, 0.05) is 22.9 Å². The molecule has 3 N–H and O–H groups in total. The number of benzene rings is 2. The molecule has 142 valence electrons. The molecule has 0 spiro atoms. The van der Waals surface area contributed by atoms with Gasteiger partial charge in [0.1, 0.15) is 22.9 Å². The van der Waals surface area contributed by atoms with Crippen LogP contribution in [0, 0.1) is 0 Å². The van der Waals surface area contributed by atoms with Crippen LogP contribution in [0.5, 0.6) is 5.75 Å². The number of nitrogens with two attached hydrogens (primary N) is 1. The van der Waals surface area contributed by atoms with Gasteiger partial charge in [-0.3, -0.25) is 4.79 Å². The fraction of sp³-hybridized carbons (Fsp3) is 0.143. The number of carbonyl (C=O) groups is 1. The molecule has 4 rings (SSSR count). The largest absolute Gasteiger partial charge is 0.489 e. The number of hydrogen-bond donors (Lipinski definition) is 2. The maximum Gasteiger partial charge on any atom is 0.307 e. The predicted octanol–water partition coefficient (Wildman–Crippen LogP) is 4.22. The van der Waals surface area contributed by atoms with Gasteiger partial charge >= 0.3 is 5.97 Å². The van der Waals surface area contributed by atoms with Crippen molar-refractivity contribution in [3.63, 3.8) is 0 Å². The Balaban J connectivity index is 1.64. The maximum absolute atomic E-state index is 11.1. The smallest absolute Gasteiger partial charge is 0.307 e. The van der Waals surface area contributed by atoms with E-state index in [1.54, 1.807) is 24.5 Å². The zero-order valence-electron chi connectivity index (χ0n) is 14.9. The molecule has 7 heteroatoms. The Morgan fingerprint density at radius 3 is 2.89 bits per heavy atom. The molecule has 0 aliphatic rings. The van der Waals surface area contributed by atoms with E-state index < -0.39 is 5.97 Å². The number of ether oxygens (including phenoxy) is 1. The first kappa shape index (κ1) is 18.2. The third kappa shape index (κ3) is 3.76. The molecule has 0 fully saturated rings. The van der Waals surface area contributed by atoms with Crippen LogP contribution in [0.3, 0.4) is 0 Å². The second kappa shape index (κ2) is 7.84. The van der Waals surface area contributed by atoms with Crippen molar-refractivity contribution in [2.75, 3.05) is 0 Å². The summed E-state index contributed by atoms with van der Waals surface area (Å²) in [6.07, 6.45) is 1.57. The number of para-hydroxylation sites is 1. The predicted molar refractivity (Wildman–Crippen MR) is 107 cm³/mol. The highest BCUT2D eigenvalue weighted by atomic mass is 32.1. The summed E-state index contributed by atoms with van der Waals surface area (Å²) in [7, 11) is 0. The first-order valence-corrected chi connectivity index (χ1v) is 9.59. The van der Waals surface area contributed by atoms with Crippen molar-refractivity contribution in [3.8, 4) is 16.3 Å². The van der Waals surface area contributed by atoms with Gasteiger partial charge in [-0.05, 0) is 29.8 Å². The van der Waals surface area contributed by atoms with E-state index in [-0.39, 0.29) is 6.42 Å². The molecule has 0 aliphatic carbocycles. The van der Waals surface area contributed by atoms with Gasteiger partial charge < -0.3 is 20.0 Å². The Kier molecular flexibility index (Phi) is 5.10. The minimum absolute atomic E-state index is 0.0802. The van der Waals surface area contributed by atoms with Gasteiger partial charge in [0.05, 0.1) is 23.9 Å². The highest BCUT2D eigenvalue weighted by molar-refractivity contribution is 7.13. The number of carboxylic acids is 1. The standard InChI is InChI=1S/C21H18N2O4S/c22-10-16-12-28-21(23-16)17-8-13(7-15-5-6-26-20(15)17)11-27-18-4-2-1-3-14(18)9-19(24)25/h1-8,12H,9-11,22H2,(H,24,25). The average molecular weight is 394 g/mol. The zero-order valence-corrected chi connectivity index (χ0v) is 15.7. The monoisotopic (exact) mass is 394 g/mol. The number of nitrogens with zero attached hydrogens (tertiary/aromatic N) is 1. The average Bonchev–Trinajstić information content (AvgIpc) is 3.35. The summed E-state index contributed by atoms with van der Waals surface area (Å²) >= 11 is 1.52. The van der Waals surface area contributed by atoms with Crippen LogP contribution >= 0.6 is 11.3 Å². The number of thiazole rings is 1. The van der Waals surface area contributed by atoms with E-state index in [2.05, 4.69) is 4.98 Å². The quantitative estimate of drug-likeness (QED) is 0.487. The summed E-state index contributed by atoms with van der Waals surface area (Å²) < 4.78 is 11.6. The van der Waals surface area contributed by atoms with E-state index in [9.17, 15) is 4.79 Å². The van der Waals surface area contributed by atoms with Crippen LogP contribution in [0.2, 0.25) is 0 Å². The molecule has 28 heavy (non-hydrogen) atoms. The van der Waals surface area contributed by atoms with Crippen LogP contribution in [-0.2, 0) is 24.4 Å². The molecule has 0 atom stereocenters. The lowest BCUT2D eigenvalue weighted by Crippen LogP contribution is -2.04.